The van der Waals surface area contributed by atoms with Gasteiger partial charge in [-0.1, -0.05) is 31.6 Å². The van der Waals surface area contributed by atoms with Crippen LogP contribution in [0.4, 0.5) is 25.1 Å². The van der Waals surface area contributed by atoms with Crippen LogP contribution in [-0.4, -0.2) is 9.91 Å². The fourth-order valence-corrected chi connectivity index (χ4v) is 3.05. The summed E-state index contributed by atoms with van der Waals surface area (Å²) in [4.78, 5) is 11.8. The highest BCUT2D eigenvalue weighted by Crippen LogP contribution is 3.02. The lowest BCUT2D eigenvalue weighted by Gasteiger charge is -2.40. The number of pyridine rings is 1. The van der Waals surface area contributed by atoms with Crippen LogP contribution in [0.1, 0.15) is 0 Å². The number of fused-ring (bicyclic) bond motifs is 1. The highest BCUT2D eigenvalue weighted by molar-refractivity contribution is 8.45. The van der Waals surface area contributed by atoms with Gasteiger partial charge in [0.15, 0.2) is 0 Å². The average molecular weight is 376 g/mol. The predicted molar refractivity (Wildman–Crippen MR) is 85.2 cm³/mol. The van der Waals surface area contributed by atoms with Crippen LogP contribution in [0.25, 0.3) is 22.0 Å². The molecule has 0 unspecified atom stereocenters. The number of nitro benzene ring substituents is 1. The van der Waals surface area contributed by atoms with Crippen molar-refractivity contribution in [3.8, 4) is 11.1 Å². The lowest BCUT2D eigenvalue weighted by Crippen LogP contribution is -2.07. The standard InChI is InChI=1S/C15H9F5N2O2S/c16-25(17,18,19,20)12-4-5-13(15(9-12)22(23)24)10-3-6-14-11(8-10)2-1-7-21-14/h1-9H. The Hall–Kier alpha value is -2.75. The van der Waals surface area contributed by atoms with E-state index in [1.807, 2.05) is 0 Å². The molecule has 0 fully saturated rings. The fraction of sp³-hybridized carbons (Fsp3) is 0. The number of nitrogens with zero attached hydrogens (tertiary/aromatic N) is 2. The summed E-state index contributed by atoms with van der Waals surface area (Å²) in [6, 6.07) is 8.47. The first-order valence-electron chi connectivity index (χ1n) is 6.73. The maximum absolute atomic E-state index is 12.9. The molecule has 25 heavy (non-hydrogen) atoms. The Labute approximate surface area is 137 Å². The molecule has 132 valence electrons. The van der Waals surface area contributed by atoms with Crippen LogP contribution in [0.3, 0.4) is 0 Å². The first kappa shape index (κ1) is 17.1. The van der Waals surface area contributed by atoms with Crippen molar-refractivity contribution in [3.05, 3.63) is 64.8 Å². The lowest BCUT2D eigenvalue weighted by molar-refractivity contribution is -0.384. The fourth-order valence-electron chi connectivity index (χ4n) is 2.39. The van der Waals surface area contributed by atoms with E-state index in [9.17, 15) is 29.5 Å². The monoisotopic (exact) mass is 376 g/mol. The van der Waals surface area contributed by atoms with E-state index in [2.05, 4.69) is 4.98 Å². The Morgan fingerprint density at radius 1 is 0.960 bits per heavy atom. The third-order valence-electron chi connectivity index (χ3n) is 3.53. The zero-order valence-corrected chi connectivity index (χ0v) is 13.0. The summed E-state index contributed by atoms with van der Waals surface area (Å²) in [7, 11) is -10.0. The van der Waals surface area contributed by atoms with Gasteiger partial charge in [-0.3, -0.25) is 15.1 Å². The molecular formula is C15H9F5N2O2S. The van der Waals surface area contributed by atoms with Crippen LogP contribution in [0.2, 0.25) is 0 Å². The van der Waals surface area contributed by atoms with E-state index in [0.29, 0.717) is 17.0 Å². The summed E-state index contributed by atoms with van der Waals surface area (Å²) in [5.74, 6) is 0. The van der Waals surface area contributed by atoms with Gasteiger partial charge in [-0.25, -0.2) is 0 Å². The van der Waals surface area contributed by atoms with Crippen molar-refractivity contribution in [2.45, 2.75) is 4.90 Å². The summed E-state index contributed by atoms with van der Waals surface area (Å²) in [6.45, 7) is 0. The van der Waals surface area contributed by atoms with Crippen LogP contribution >= 0.6 is 10.2 Å². The van der Waals surface area contributed by atoms with Gasteiger partial charge in [0.05, 0.1) is 16.0 Å². The van der Waals surface area contributed by atoms with Gasteiger partial charge in [-0.15, -0.1) is 0 Å². The number of benzene rings is 2. The first-order valence-corrected chi connectivity index (χ1v) is 8.68. The van der Waals surface area contributed by atoms with E-state index >= 15 is 0 Å². The van der Waals surface area contributed by atoms with E-state index in [4.69, 9.17) is 0 Å². The van der Waals surface area contributed by atoms with Crippen molar-refractivity contribution in [2.75, 3.05) is 0 Å². The molecule has 0 N–H and O–H groups in total. The Balaban J connectivity index is 2.24. The molecule has 3 rings (SSSR count). The molecule has 0 saturated heterocycles. The van der Waals surface area contributed by atoms with E-state index in [1.165, 1.54) is 24.4 Å². The van der Waals surface area contributed by atoms with Crippen molar-refractivity contribution in [1.29, 1.82) is 0 Å². The smallest absolute Gasteiger partial charge is 0.258 e. The van der Waals surface area contributed by atoms with Crippen molar-refractivity contribution < 1.29 is 24.4 Å². The third kappa shape index (κ3) is 3.38. The molecule has 0 radical (unpaired) electrons. The maximum atomic E-state index is 12.9. The van der Waals surface area contributed by atoms with E-state index in [0.717, 1.165) is 0 Å². The van der Waals surface area contributed by atoms with Gasteiger partial charge in [-0.05, 0) is 35.9 Å². The minimum Gasteiger partial charge on any atom is -0.258 e. The van der Waals surface area contributed by atoms with Gasteiger partial charge in [0, 0.05) is 17.6 Å². The molecule has 3 aromatic rings. The largest absolute Gasteiger partial charge is 0.310 e. The van der Waals surface area contributed by atoms with Crippen LogP contribution in [0.15, 0.2) is 59.6 Å². The highest BCUT2D eigenvalue weighted by atomic mass is 32.5. The molecule has 2 aromatic carbocycles. The second-order valence-electron chi connectivity index (χ2n) is 5.32. The van der Waals surface area contributed by atoms with Crippen molar-refractivity contribution in [1.82, 2.24) is 4.98 Å². The van der Waals surface area contributed by atoms with Crippen molar-refractivity contribution in [3.63, 3.8) is 0 Å². The minimum absolute atomic E-state index is 0.121. The number of hydrogen-bond acceptors (Lipinski definition) is 3. The molecule has 0 saturated carbocycles. The Kier molecular flexibility index (Phi) is 3.18. The topological polar surface area (TPSA) is 56.0 Å². The Morgan fingerprint density at radius 2 is 1.68 bits per heavy atom. The SMILES string of the molecule is O=[N+]([O-])c1cc(S(F)(F)(F)(F)F)ccc1-c1ccc2ncccc2c1. The molecule has 4 nitrogen and oxygen atoms in total. The van der Waals surface area contributed by atoms with Gasteiger partial charge in [0.2, 0.25) is 0 Å². The van der Waals surface area contributed by atoms with Crippen LogP contribution < -0.4 is 0 Å². The molecule has 0 aliphatic rings. The highest BCUT2D eigenvalue weighted by Gasteiger charge is 2.65. The summed E-state index contributed by atoms with van der Waals surface area (Å²) < 4.78 is 64.5. The summed E-state index contributed by atoms with van der Waals surface area (Å²) in [6.07, 6.45) is 1.54. The molecule has 1 heterocycles. The Morgan fingerprint density at radius 3 is 2.32 bits per heavy atom. The Bertz CT molecular complexity index is 1020. The first-order chi connectivity index (χ1) is 11.3. The van der Waals surface area contributed by atoms with Gasteiger partial charge in [0.25, 0.3) is 5.69 Å². The van der Waals surface area contributed by atoms with Crippen LogP contribution in [-0.2, 0) is 0 Å². The van der Waals surface area contributed by atoms with Gasteiger partial charge >= 0.3 is 10.2 Å². The molecule has 0 aliphatic heterocycles. The quantitative estimate of drug-likeness (QED) is 0.299. The summed E-state index contributed by atoms with van der Waals surface area (Å²) in [5, 5.41) is 11.7. The number of aromatic nitrogens is 1. The van der Waals surface area contributed by atoms with Crippen molar-refractivity contribution in [2.24, 2.45) is 0 Å². The molecule has 1 aromatic heterocycles. The second-order valence-corrected chi connectivity index (χ2v) is 7.73. The molecule has 0 amide bonds. The summed E-state index contributed by atoms with van der Waals surface area (Å²) in [5.41, 5.74) is -0.436. The zero-order chi connectivity index (χ0) is 18.5. The van der Waals surface area contributed by atoms with Crippen LogP contribution in [0, 0.1) is 10.1 Å². The number of hydrogen-bond donors (Lipinski definition) is 0. The van der Waals surface area contributed by atoms with Gasteiger partial charge < -0.3 is 0 Å². The number of nitro groups is 1. The molecule has 0 aliphatic carbocycles. The third-order valence-corrected chi connectivity index (χ3v) is 4.67. The molecule has 0 bridgehead atoms. The lowest BCUT2D eigenvalue weighted by atomic mass is 10.0. The molecule has 10 heteroatoms. The van der Waals surface area contributed by atoms with Crippen LogP contribution in [0.5, 0.6) is 0 Å². The number of rotatable bonds is 3. The van der Waals surface area contributed by atoms with Gasteiger partial charge in [0.1, 0.15) is 4.90 Å². The molecule has 0 spiro atoms. The normalized spacial score (nSPS) is 14.8. The maximum Gasteiger partial charge on any atom is 0.310 e. The zero-order valence-electron chi connectivity index (χ0n) is 12.2. The number of halogens is 5. The van der Waals surface area contributed by atoms with Crippen molar-refractivity contribution >= 4 is 26.8 Å². The average Bonchev–Trinajstić information content (AvgIpc) is 2.51. The predicted octanol–water partition coefficient (Wildman–Crippen LogP) is 6.47. The minimum atomic E-state index is -10.0. The second kappa shape index (κ2) is 4.66. The van der Waals surface area contributed by atoms with E-state index in [1.54, 1.807) is 12.1 Å². The summed E-state index contributed by atoms with van der Waals surface area (Å²) >= 11 is 0. The molecule has 0 atom stereocenters. The van der Waals surface area contributed by atoms with Gasteiger partial charge in [-0.2, -0.15) is 0 Å². The van der Waals surface area contributed by atoms with E-state index < -0.39 is 25.7 Å². The van der Waals surface area contributed by atoms with E-state index in [-0.39, 0.29) is 23.3 Å². The molecular weight excluding hydrogens is 367 g/mol.